The number of nitrogens with two attached hydrogens (primary N) is 1. The van der Waals surface area contributed by atoms with E-state index in [0.717, 1.165) is 25.4 Å². The molecule has 0 aliphatic heterocycles. The highest BCUT2D eigenvalue weighted by molar-refractivity contribution is 5.60. The van der Waals surface area contributed by atoms with E-state index in [1.807, 2.05) is 26.2 Å². The van der Waals surface area contributed by atoms with Gasteiger partial charge < -0.3 is 20.7 Å². The lowest BCUT2D eigenvalue weighted by atomic mass is 10.4. The predicted molar refractivity (Wildman–Crippen MR) is 66.5 cm³/mol. The second-order valence-electron chi connectivity index (χ2n) is 3.78. The average Bonchev–Trinajstić information content (AvgIpc) is 2.25. The molecule has 3 N–H and O–H groups in total. The zero-order valence-corrected chi connectivity index (χ0v) is 9.94. The van der Waals surface area contributed by atoms with Crippen LogP contribution >= 0.6 is 0 Å². The molecule has 0 aliphatic rings. The van der Waals surface area contributed by atoms with Gasteiger partial charge in [-0.15, -0.1) is 0 Å². The first kappa shape index (κ1) is 12.7. The minimum absolute atomic E-state index is 0.524. The first-order chi connectivity index (χ1) is 7.70. The molecular weight excluding hydrogens is 204 g/mol. The first-order valence-electron chi connectivity index (χ1n) is 5.37. The molecule has 90 valence electrons. The molecular formula is C11H20N4O. The average molecular weight is 224 g/mol. The zero-order chi connectivity index (χ0) is 11.8. The number of ether oxygens (including phenoxy) is 1. The lowest BCUT2D eigenvalue weighted by Gasteiger charge is -2.11. The van der Waals surface area contributed by atoms with E-state index in [1.165, 1.54) is 0 Å². The van der Waals surface area contributed by atoms with E-state index in [9.17, 15) is 0 Å². The fourth-order valence-electron chi connectivity index (χ4n) is 1.17. The Labute approximate surface area is 96.6 Å². The van der Waals surface area contributed by atoms with Crippen LogP contribution < -0.4 is 11.1 Å². The van der Waals surface area contributed by atoms with Gasteiger partial charge in [-0.3, -0.25) is 0 Å². The molecule has 0 unspecified atom stereocenters. The van der Waals surface area contributed by atoms with Crippen molar-refractivity contribution >= 4 is 11.5 Å². The first-order valence-corrected chi connectivity index (χ1v) is 5.37. The van der Waals surface area contributed by atoms with Gasteiger partial charge in [-0.05, 0) is 26.2 Å². The molecule has 0 bridgehead atoms. The minimum Gasteiger partial charge on any atom is -0.382 e. The number of nitrogen functional groups attached to an aromatic ring is 1. The smallest absolute Gasteiger partial charge is 0.146 e. The maximum atomic E-state index is 5.68. The molecule has 0 amide bonds. The molecule has 0 radical (unpaired) electrons. The topological polar surface area (TPSA) is 63.4 Å². The third kappa shape index (κ3) is 4.95. The summed E-state index contributed by atoms with van der Waals surface area (Å²) >= 11 is 0. The van der Waals surface area contributed by atoms with Crippen LogP contribution in [-0.2, 0) is 4.74 Å². The molecule has 0 spiro atoms. The van der Waals surface area contributed by atoms with Crippen molar-refractivity contribution in [2.45, 2.75) is 0 Å². The van der Waals surface area contributed by atoms with Crippen molar-refractivity contribution in [3.63, 3.8) is 0 Å². The quantitative estimate of drug-likeness (QED) is 0.666. The standard InChI is InChI=1S/C11H20N4O/c1-15(2)7-9-16-8-6-13-10-4-3-5-14-11(10)12/h3-5,13H,6-9H2,1-2H3,(H2,12,14). The van der Waals surface area contributed by atoms with E-state index >= 15 is 0 Å². The van der Waals surface area contributed by atoms with Gasteiger partial charge in [0.05, 0.1) is 18.9 Å². The van der Waals surface area contributed by atoms with Gasteiger partial charge in [0.1, 0.15) is 5.82 Å². The molecule has 0 aromatic carbocycles. The summed E-state index contributed by atoms with van der Waals surface area (Å²) < 4.78 is 5.44. The summed E-state index contributed by atoms with van der Waals surface area (Å²) in [4.78, 5) is 6.07. The number of hydrogen-bond donors (Lipinski definition) is 2. The number of rotatable bonds is 7. The van der Waals surface area contributed by atoms with Crippen LogP contribution in [0.1, 0.15) is 0 Å². The SMILES string of the molecule is CN(C)CCOCCNc1cccnc1N. The van der Waals surface area contributed by atoms with Crippen LogP contribution in [0.25, 0.3) is 0 Å². The molecule has 0 fully saturated rings. The Hall–Kier alpha value is -1.33. The van der Waals surface area contributed by atoms with Crippen LogP contribution in [0.2, 0.25) is 0 Å². The minimum atomic E-state index is 0.524. The Balaban J connectivity index is 2.10. The summed E-state index contributed by atoms with van der Waals surface area (Å²) in [5, 5.41) is 3.17. The fraction of sp³-hybridized carbons (Fsp3) is 0.545. The highest BCUT2D eigenvalue weighted by Crippen LogP contribution is 2.12. The molecule has 1 rings (SSSR count). The fourth-order valence-corrected chi connectivity index (χ4v) is 1.17. The van der Waals surface area contributed by atoms with Gasteiger partial charge in [0, 0.05) is 19.3 Å². The van der Waals surface area contributed by atoms with Crippen molar-refractivity contribution in [3.05, 3.63) is 18.3 Å². The van der Waals surface area contributed by atoms with Crippen molar-refractivity contribution in [2.24, 2.45) is 0 Å². The van der Waals surface area contributed by atoms with Gasteiger partial charge in [-0.1, -0.05) is 0 Å². The number of likely N-dealkylation sites (N-methyl/N-ethyl adjacent to an activating group) is 1. The maximum absolute atomic E-state index is 5.68. The van der Waals surface area contributed by atoms with E-state index in [4.69, 9.17) is 10.5 Å². The molecule has 0 saturated heterocycles. The molecule has 1 heterocycles. The predicted octanol–water partition coefficient (Wildman–Crippen LogP) is 0.654. The van der Waals surface area contributed by atoms with Crippen LogP contribution in [0.3, 0.4) is 0 Å². The van der Waals surface area contributed by atoms with E-state index in [1.54, 1.807) is 6.20 Å². The summed E-state index contributed by atoms with van der Waals surface area (Å²) in [6, 6.07) is 3.76. The summed E-state index contributed by atoms with van der Waals surface area (Å²) in [5.74, 6) is 0.524. The number of aromatic nitrogens is 1. The van der Waals surface area contributed by atoms with Gasteiger partial charge in [0.15, 0.2) is 0 Å². The third-order valence-corrected chi connectivity index (χ3v) is 2.08. The van der Waals surface area contributed by atoms with Crippen molar-refractivity contribution in [1.82, 2.24) is 9.88 Å². The summed E-state index contributed by atoms with van der Waals surface area (Å²) in [5.41, 5.74) is 6.54. The van der Waals surface area contributed by atoms with Crippen LogP contribution in [-0.4, -0.2) is 50.3 Å². The summed E-state index contributed by atoms with van der Waals surface area (Å²) in [6.45, 7) is 3.09. The Kier molecular flexibility index (Phi) is 5.60. The number of anilines is 2. The molecule has 1 aromatic heterocycles. The highest BCUT2D eigenvalue weighted by atomic mass is 16.5. The third-order valence-electron chi connectivity index (χ3n) is 2.08. The largest absolute Gasteiger partial charge is 0.382 e. The second kappa shape index (κ2) is 7.03. The van der Waals surface area contributed by atoms with E-state index in [-0.39, 0.29) is 0 Å². The van der Waals surface area contributed by atoms with E-state index in [2.05, 4.69) is 15.2 Å². The van der Waals surface area contributed by atoms with Crippen LogP contribution in [0, 0.1) is 0 Å². The van der Waals surface area contributed by atoms with Gasteiger partial charge >= 0.3 is 0 Å². The Bertz CT molecular complexity index is 304. The summed E-state index contributed by atoms with van der Waals surface area (Å²) in [7, 11) is 4.05. The van der Waals surface area contributed by atoms with Gasteiger partial charge in [0.25, 0.3) is 0 Å². The number of nitrogens with zero attached hydrogens (tertiary/aromatic N) is 2. The van der Waals surface area contributed by atoms with Crippen LogP contribution in [0.15, 0.2) is 18.3 Å². The highest BCUT2D eigenvalue weighted by Gasteiger charge is 1.97. The zero-order valence-electron chi connectivity index (χ0n) is 9.94. The molecule has 0 aliphatic carbocycles. The number of nitrogens with one attached hydrogen (secondary N) is 1. The molecule has 5 heteroatoms. The number of hydrogen-bond acceptors (Lipinski definition) is 5. The Morgan fingerprint density at radius 3 is 2.94 bits per heavy atom. The summed E-state index contributed by atoms with van der Waals surface area (Å²) in [6.07, 6.45) is 1.67. The van der Waals surface area contributed by atoms with E-state index in [0.29, 0.717) is 12.4 Å². The Morgan fingerprint density at radius 2 is 2.25 bits per heavy atom. The van der Waals surface area contributed by atoms with Crippen molar-refractivity contribution in [2.75, 3.05) is 51.4 Å². The molecule has 0 atom stereocenters. The lowest BCUT2D eigenvalue weighted by Crippen LogP contribution is -2.20. The van der Waals surface area contributed by atoms with Crippen molar-refractivity contribution in [1.29, 1.82) is 0 Å². The van der Waals surface area contributed by atoms with Gasteiger partial charge in [-0.2, -0.15) is 0 Å². The molecule has 1 aromatic rings. The van der Waals surface area contributed by atoms with Crippen LogP contribution in [0.5, 0.6) is 0 Å². The van der Waals surface area contributed by atoms with Crippen LogP contribution in [0.4, 0.5) is 11.5 Å². The maximum Gasteiger partial charge on any atom is 0.146 e. The normalized spacial score (nSPS) is 10.7. The van der Waals surface area contributed by atoms with E-state index < -0.39 is 0 Å². The second-order valence-corrected chi connectivity index (χ2v) is 3.78. The number of pyridine rings is 1. The van der Waals surface area contributed by atoms with Crippen molar-refractivity contribution in [3.8, 4) is 0 Å². The van der Waals surface area contributed by atoms with Crippen molar-refractivity contribution < 1.29 is 4.74 Å². The van der Waals surface area contributed by atoms with Gasteiger partial charge in [-0.25, -0.2) is 4.98 Å². The molecule has 16 heavy (non-hydrogen) atoms. The van der Waals surface area contributed by atoms with Gasteiger partial charge in [0.2, 0.25) is 0 Å². The Morgan fingerprint density at radius 1 is 1.44 bits per heavy atom. The molecule has 0 saturated carbocycles. The molecule has 5 nitrogen and oxygen atoms in total. The lowest BCUT2D eigenvalue weighted by molar-refractivity contribution is 0.126. The monoisotopic (exact) mass is 224 g/mol.